The van der Waals surface area contributed by atoms with Crippen molar-refractivity contribution in [1.29, 1.82) is 0 Å². The summed E-state index contributed by atoms with van der Waals surface area (Å²) in [4.78, 5) is 0. The molecule has 1 aromatic heterocycles. The van der Waals surface area contributed by atoms with Gasteiger partial charge >= 0.3 is 0 Å². The van der Waals surface area contributed by atoms with Gasteiger partial charge in [-0.15, -0.1) is 0 Å². The molecule has 1 unspecified atom stereocenters. The number of benzene rings is 1. The monoisotopic (exact) mass is 261 g/mol. The minimum Gasteiger partial charge on any atom is -0.466 e. The molecule has 0 bridgehead atoms. The molecule has 1 heterocycles. The summed E-state index contributed by atoms with van der Waals surface area (Å²) in [5.41, 5.74) is 2.95. The van der Waals surface area contributed by atoms with Crippen molar-refractivity contribution >= 4 is 0 Å². The van der Waals surface area contributed by atoms with E-state index in [0.29, 0.717) is 12.1 Å². The van der Waals surface area contributed by atoms with Gasteiger partial charge in [-0.2, -0.15) is 0 Å². The van der Waals surface area contributed by atoms with Gasteiger partial charge in [0.05, 0.1) is 0 Å². The van der Waals surface area contributed by atoms with Gasteiger partial charge in [0.1, 0.15) is 17.3 Å². The molecule has 0 fully saturated rings. The van der Waals surface area contributed by atoms with Crippen molar-refractivity contribution in [3.05, 3.63) is 58.3 Å². The molecular formula is C16H20FNO. The quantitative estimate of drug-likeness (QED) is 0.892. The number of halogens is 1. The molecular weight excluding hydrogens is 241 g/mol. The van der Waals surface area contributed by atoms with Gasteiger partial charge in [-0.05, 0) is 51.0 Å². The molecule has 1 atom stereocenters. The molecule has 2 rings (SSSR count). The van der Waals surface area contributed by atoms with E-state index >= 15 is 0 Å². The van der Waals surface area contributed by atoms with Gasteiger partial charge in [0, 0.05) is 18.2 Å². The Morgan fingerprint density at radius 1 is 1.21 bits per heavy atom. The van der Waals surface area contributed by atoms with E-state index < -0.39 is 0 Å². The Hall–Kier alpha value is -1.61. The van der Waals surface area contributed by atoms with Crippen LogP contribution in [0.2, 0.25) is 0 Å². The first kappa shape index (κ1) is 13.8. The number of aryl methyl sites for hydroxylation is 3. The first-order valence-electron chi connectivity index (χ1n) is 6.52. The summed E-state index contributed by atoms with van der Waals surface area (Å²) in [6.07, 6.45) is 0. The van der Waals surface area contributed by atoms with E-state index in [4.69, 9.17) is 4.42 Å². The molecule has 3 heteroatoms. The minimum absolute atomic E-state index is 0.155. The summed E-state index contributed by atoms with van der Waals surface area (Å²) in [6.45, 7) is 8.53. The topological polar surface area (TPSA) is 25.2 Å². The molecule has 1 aromatic carbocycles. The Labute approximate surface area is 113 Å². The van der Waals surface area contributed by atoms with Gasteiger partial charge in [0.25, 0.3) is 0 Å². The highest BCUT2D eigenvalue weighted by Crippen LogP contribution is 2.21. The normalized spacial score (nSPS) is 12.7. The number of hydrogen-bond acceptors (Lipinski definition) is 2. The second kappa shape index (κ2) is 5.57. The van der Waals surface area contributed by atoms with Crippen LogP contribution in [0.4, 0.5) is 4.39 Å². The Morgan fingerprint density at radius 3 is 2.53 bits per heavy atom. The van der Waals surface area contributed by atoms with Crippen molar-refractivity contribution in [3.8, 4) is 0 Å². The van der Waals surface area contributed by atoms with E-state index in [1.165, 1.54) is 11.6 Å². The highest BCUT2D eigenvalue weighted by molar-refractivity contribution is 5.26. The lowest BCUT2D eigenvalue weighted by Crippen LogP contribution is -2.18. The zero-order valence-corrected chi connectivity index (χ0v) is 11.9. The molecule has 0 saturated carbocycles. The van der Waals surface area contributed by atoms with Crippen LogP contribution in [0.3, 0.4) is 0 Å². The fourth-order valence-corrected chi connectivity index (χ4v) is 2.28. The molecule has 2 aromatic rings. The van der Waals surface area contributed by atoms with Crippen LogP contribution in [-0.4, -0.2) is 0 Å². The lowest BCUT2D eigenvalue weighted by atomic mass is 10.1. The van der Waals surface area contributed by atoms with Gasteiger partial charge in [0.2, 0.25) is 0 Å². The van der Waals surface area contributed by atoms with Gasteiger partial charge in [0.15, 0.2) is 0 Å². The molecule has 0 aliphatic carbocycles. The van der Waals surface area contributed by atoms with Crippen LogP contribution in [-0.2, 0) is 6.54 Å². The summed E-state index contributed by atoms with van der Waals surface area (Å²) in [5.74, 6) is 1.73. The van der Waals surface area contributed by atoms with Crippen molar-refractivity contribution in [2.24, 2.45) is 0 Å². The van der Waals surface area contributed by atoms with Crippen LogP contribution < -0.4 is 5.32 Å². The van der Waals surface area contributed by atoms with Crippen LogP contribution in [0.1, 0.15) is 41.2 Å². The average molecular weight is 261 g/mol. The molecule has 2 nitrogen and oxygen atoms in total. The third kappa shape index (κ3) is 3.24. The molecule has 0 aliphatic rings. The number of furan rings is 1. The van der Waals surface area contributed by atoms with E-state index in [0.717, 1.165) is 17.1 Å². The number of hydrogen-bond donors (Lipinski definition) is 1. The predicted molar refractivity (Wildman–Crippen MR) is 74.6 cm³/mol. The Kier molecular flexibility index (Phi) is 4.05. The maximum Gasteiger partial charge on any atom is 0.126 e. The maximum atomic E-state index is 13.2. The Balaban J connectivity index is 2.02. The summed E-state index contributed by atoms with van der Waals surface area (Å²) in [7, 11) is 0. The second-order valence-electron chi connectivity index (χ2n) is 5.05. The summed E-state index contributed by atoms with van der Waals surface area (Å²) in [5, 5.41) is 3.43. The molecule has 0 radical (unpaired) electrons. The van der Waals surface area contributed by atoms with Crippen molar-refractivity contribution in [1.82, 2.24) is 5.32 Å². The van der Waals surface area contributed by atoms with Crippen LogP contribution in [0, 0.1) is 26.6 Å². The van der Waals surface area contributed by atoms with Crippen LogP contribution >= 0.6 is 0 Å². The van der Waals surface area contributed by atoms with Gasteiger partial charge in [-0.25, -0.2) is 4.39 Å². The third-order valence-electron chi connectivity index (χ3n) is 3.38. The number of nitrogens with one attached hydrogen (secondary N) is 1. The van der Waals surface area contributed by atoms with Gasteiger partial charge in [-0.3, -0.25) is 0 Å². The average Bonchev–Trinajstić information content (AvgIpc) is 2.70. The van der Waals surface area contributed by atoms with Gasteiger partial charge in [-0.1, -0.05) is 12.1 Å². The maximum absolute atomic E-state index is 13.2. The lowest BCUT2D eigenvalue weighted by Gasteiger charge is -2.13. The molecule has 0 saturated heterocycles. The van der Waals surface area contributed by atoms with Crippen molar-refractivity contribution in [3.63, 3.8) is 0 Å². The lowest BCUT2D eigenvalue weighted by molar-refractivity contribution is 0.489. The zero-order valence-electron chi connectivity index (χ0n) is 11.9. The summed E-state index contributed by atoms with van der Waals surface area (Å²) >= 11 is 0. The molecule has 102 valence electrons. The molecule has 0 spiro atoms. The van der Waals surface area contributed by atoms with Crippen molar-refractivity contribution < 1.29 is 8.81 Å². The SMILES string of the molecule is Cc1cc(C(C)NCc2ccc(F)c(C)c2)c(C)o1. The van der Waals surface area contributed by atoms with Crippen LogP contribution in [0.15, 0.2) is 28.7 Å². The number of rotatable bonds is 4. The fourth-order valence-electron chi connectivity index (χ4n) is 2.28. The zero-order chi connectivity index (χ0) is 14.0. The van der Waals surface area contributed by atoms with E-state index in [2.05, 4.69) is 18.3 Å². The smallest absolute Gasteiger partial charge is 0.126 e. The standard InChI is InChI=1S/C16H20FNO/c1-10-7-14(5-6-16(10)17)9-18-12(3)15-8-11(2)19-13(15)4/h5-8,12,18H,9H2,1-4H3. The van der Waals surface area contributed by atoms with Crippen molar-refractivity contribution in [2.45, 2.75) is 40.3 Å². The molecule has 0 amide bonds. The van der Waals surface area contributed by atoms with E-state index in [9.17, 15) is 4.39 Å². The van der Waals surface area contributed by atoms with Crippen LogP contribution in [0.25, 0.3) is 0 Å². The highest BCUT2D eigenvalue weighted by Gasteiger charge is 2.12. The molecule has 1 N–H and O–H groups in total. The van der Waals surface area contributed by atoms with Crippen molar-refractivity contribution in [2.75, 3.05) is 0 Å². The summed E-state index contributed by atoms with van der Waals surface area (Å²) in [6, 6.07) is 7.48. The predicted octanol–water partition coefficient (Wildman–Crippen LogP) is 4.19. The second-order valence-corrected chi connectivity index (χ2v) is 5.05. The van der Waals surface area contributed by atoms with E-state index in [-0.39, 0.29) is 11.9 Å². The highest BCUT2D eigenvalue weighted by atomic mass is 19.1. The van der Waals surface area contributed by atoms with E-state index in [1.807, 2.05) is 26.0 Å². The Bertz CT molecular complexity index is 574. The third-order valence-corrected chi connectivity index (χ3v) is 3.38. The first-order chi connectivity index (χ1) is 8.97. The first-order valence-corrected chi connectivity index (χ1v) is 6.52. The Morgan fingerprint density at radius 2 is 1.95 bits per heavy atom. The van der Waals surface area contributed by atoms with Crippen LogP contribution in [0.5, 0.6) is 0 Å². The fraction of sp³-hybridized carbons (Fsp3) is 0.375. The largest absolute Gasteiger partial charge is 0.466 e. The molecule has 19 heavy (non-hydrogen) atoms. The van der Waals surface area contributed by atoms with Gasteiger partial charge < -0.3 is 9.73 Å². The summed E-state index contributed by atoms with van der Waals surface area (Å²) < 4.78 is 18.7. The molecule has 0 aliphatic heterocycles. The van der Waals surface area contributed by atoms with E-state index in [1.54, 1.807) is 6.92 Å². The minimum atomic E-state index is -0.155.